The predicted molar refractivity (Wildman–Crippen MR) is 362 cm³/mol. The highest BCUT2D eigenvalue weighted by atomic mass is 32.2. The van der Waals surface area contributed by atoms with E-state index in [9.17, 15) is 67.7 Å². The van der Waals surface area contributed by atoms with Crippen molar-refractivity contribution in [3.05, 3.63) is 0 Å². The van der Waals surface area contributed by atoms with Gasteiger partial charge >= 0.3 is 23.9 Å². The van der Waals surface area contributed by atoms with Crippen LogP contribution in [0.1, 0.15) is 51.4 Å². The molecule has 8 amide bonds. The van der Waals surface area contributed by atoms with E-state index in [0.29, 0.717) is 77.2 Å². The number of hydrogen-bond acceptors (Lipinski definition) is 28. The molecule has 6 rings (SSSR count). The van der Waals surface area contributed by atoms with E-state index in [1.807, 2.05) is 9.80 Å². The molecule has 0 bridgehead atoms. The summed E-state index contributed by atoms with van der Waals surface area (Å²) in [4.78, 5) is 160. The minimum absolute atomic E-state index is 0.0419. The third-order valence-electron chi connectivity index (χ3n) is 17.8. The maximum Gasteiger partial charge on any atom is 0.310 e. The molecule has 0 aromatic carbocycles. The Hall–Kier alpha value is -6.06. The molecule has 6 saturated heterocycles. The number of amides is 8. The number of methoxy groups -OCH3 is 4. The van der Waals surface area contributed by atoms with Gasteiger partial charge in [-0.15, -0.1) is 0 Å². The van der Waals surface area contributed by atoms with Crippen LogP contribution in [0.3, 0.4) is 0 Å². The fraction of sp³-hybridized carbons (Fsp3) is 0.815. The first-order valence-electron chi connectivity index (χ1n) is 34.6. The van der Waals surface area contributed by atoms with Gasteiger partial charge in [-0.05, 0) is 0 Å². The van der Waals surface area contributed by atoms with Gasteiger partial charge in [0.2, 0.25) is 47.3 Å². The number of carbonyl (C=O) groups excluding carboxylic acids is 12. The maximum atomic E-state index is 13.1. The summed E-state index contributed by atoms with van der Waals surface area (Å²) in [6, 6.07) is 0. The lowest BCUT2D eigenvalue weighted by Gasteiger charge is -2.33. The minimum Gasteiger partial charge on any atom is -0.469 e. The summed E-state index contributed by atoms with van der Waals surface area (Å²) in [6.07, 6.45) is -1.36. The number of hydrogen-bond donors (Lipinski definition) is 6. The number of nitrogens with zero attached hydrogens (tertiary/aromatic N) is 6. The highest BCUT2D eigenvalue weighted by Gasteiger charge is 2.40. The van der Waals surface area contributed by atoms with E-state index in [0.717, 1.165) is 0 Å². The standard InChI is InChI=1S/C65H106N10O24S2/c1-90-61(86)45-25-57(82)72(29-45)17-9-66-53(78)5-13-70(14-6-54(79)67-10-18-73-30-46(26-58(73)83)62(87)91-2)21-23-100-39-49(76)33-94-41-65(43-96-35-51-37-98-51,44-97-36-52-38-99-52)42-95-34-50(77)40-101-24-22-71(15-7-55(80)68-11-19-74-31-47(27-59(74)84)63(88)92-3)16-8-56(81)69-12-20-75-32-48(28-60(75)85)64(89)93-4/h45-52,76-77H,5-44H2,1-4H3,(H,66,78)(H,67,79)(H,68,80)(H,69,81). The Kier molecular flexibility index (Phi) is 37.6. The molecule has 0 saturated carbocycles. The van der Waals surface area contributed by atoms with Crippen LogP contribution in [-0.2, 0) is 105 Å². The molecule has 34 nitrogen and oxygen atoms in total. The van der Waals surface area contributed by atoms with Crippen molar-refractivity contribution in [2.24, 2.45) is 29.1 Å². The number of likely N-dealkylation sites (tertiary alicyclic amines) is 4. The third-order valence-corrected chi connectivity index (χ3v) is 20.0. The van der Waals surface area contributed by atoms with Crippen molar-refractivity contribution in [1.82, 2.24) is 50.7 Å². The average Bonchev–Trinajstić information content (AvgIpc) is 1.77. The second-order valence-electron chi connectivity index (χ2n) is 26.1. The van der Waals surface area contributed by atoms with Crippen LogP contribution < -0.4 is 21.3 Å². The Morgan fingerprint density at radius 3 is 0.980 bits per heavy atom. The van der Waals surface area contributed by atoms with E-state index in [1.54, 1.807) is 0 Å². The fourth-order valence-electron chi connectivity index (χ4n) is 11.8. The van der Waals surface area contributed by atoms with Gasteiger partial charge in [0.15, 0.2) is 0 Å². The molecule has 6 aliphatic heterocycles. The zero-order valence-electron chi connectivity index (χ0n) is 58.8. The molecule has 6 N–H and O–H groups in total. The van der Waals surface area contributed by atoms with E-state index >= 15 is 0 Å². The average molecular weight is 1480 g/mol. The second-order valence-corrected chi connectivity index (χ2v) is 28.4. The Bertz CT molecular complexity index is 2400. The number of aliphatic hydroxyl groups excluding tert-OH is 2. The Balaban J connectivity index is 0.951. The molecular weight excluding hydrogens is 1370 g/mol. The van der Waals surface area contributed by atoms with Crippen LogP contribution in [-0.4, -0.2) is 370 Å². The number of nitrogens with one attached hydrogen (secondary N) is 4. The minimum atomic E-state index is -0.907. The Morgan fingerprint density at radius 2 is 0.723 bits per heavy atom. The van der Waals surface area contributed by atoms with Crippen molar-refractivity contribution in [3.8, 4) is 0 Å². The molecule has 0 aromatic heterocycles. The summed E-state index contributed by atoms with van der Waals surface area (Å²) in [5, 5.41) is 33.8. The molecule has 6 heterocycles. The number of esters is 4. The van der Waals surface area contributed by atoms with E-state index in [1.165, 1.54) is 71.6 Å². The van der Waals surface area contributed by atoms with E-state index in [-0.39, 0.29) is 241 Å². The predicted octanol–water partition coefficient (Wildman–Crippen LogP) is -4.26. The van der Waals surface area contributed by atoms with E-state index < -0.39 is 65.2 Å². The fourth-order valence-corrected chi connectivity index (χ4v) is 13.6. The molecular formula is C65H106N10O24S2. The van der Waals surface area contributed by atoms with Crippen LogP contribution in [0.4, 0.5) is 0 Å². The number of epoxide rings is 2. The summed E-state index contributed by atoms with van der Waals surface area (Å²) in [5.74, 6) is -4.33. The smallest absolute Gasteiger partial charge is 0.310 e. The van der Waals surface area contributed by atoms with Gasteiger partial charge in [-0.1, -0.05) is 0 Å². The van der Waals surface area contributed by atoms with Crippen LogP contribution >= 0.6 is 23.5 Å². The molecule has 572 valence electrons. The first-order valence-corrected chi connectivity index (χ1v) is 36.9. The van der Waals surface area contributed by atoms with Crippen LogP contribution in [0, 0.1) is 29.1 Å². The zero-order valence-corrected chi connectivity index (χ0v) is 60.4. The van der Waals surface area contributed by atoms with E-state index in [4.69, 9.17) is 47.4 Å². The number of thioether (sulfide) groups is 2. The molecule has 36 heteroatoms. The van der Waals surface area contributed by atoms with Crippen LogP contribution in [0.25, 0.3) is 0 Å². The van der Waals surface area contributed by atoms with Gasteiger partial charge in [0.25, 0.3) is 0 Å². The lowest BCUT2D eigenvalue weighted by molar-refractivity contribution is -0.145. The summed E-state index contributed by atoms with van der Waals surface area (Å²) in [7, 11) is 5.08. The lowest BCUT2D eigenvalue weighted by atomic mass is 9.92. The normalized spacial score (nSPS) is 21.4. The first-order chi connectivity index (χ1) is 48.6. The zero-order chi connectivity index (χ0) is 73.1. The van der Waals surface area contributed by atoms with Crippen molar-refractivity contribution >= 4 is 94.7 Å². The van der Waals surface area contributed by atoms with Crippen LogP contribution in [0.2, 0.25) is 0 Å². The van der Waals surface area contributed by atoms with Gasteiger partial charge in [-0.2, -0.15) is 23.5 Å². The molecule has 101 heavy (non-hydrogen) atoms. The quantitative estimate of drug-likeness (QED) is 0.0145. The summed E-state index contributed by atoms with van der Waals surface area (Å²) in [6.45, 7) is 6.60. The Labute approximate surface area is 598 Å². The van der Waals surface area contributed by atoms with Crippen molar-refractivity contribution in [3.63, 3.8) is 0 Å². The molecule has 0 aromatic rings. The highest BCUT2D eigenvalue weighted by molar-refractivity contribution is 7.99. The van der Waals surface area contributed by atoms with Gasteiger partial charge in [0.1, 0.15) is 12.2 Å². The van der Waals surface area contributed by atoms with Crippen LogP contribution in [0.5, 0.6) is 0 Å². The number of aliphatic hydroxyl groups is 2. The van der Waals surface area contributed by atoms with Crippen molar-refractivity contribution in [2.45, 2.75) is 75.8 Å². The van der Waals surface area contributed by atoms with Crippen molar-refractivity contribution in [2.75, 3.05) is 235 Å². The molecule has 0 radical (unpaired) electrons. The third kappa shape index (κ3) is 31.8. The number of rotatable bonds is 54. The maximum absolute atomic E-state index is 13.1. The number of carbonyl (C=O) groups is 12. The van der Waals surface area contributed by atoms with E-state index in [2.05, 4.69) is 21.3 Å². The largest absolute Gasteiger partial charge is 0.469 e. The van der Waals surface area contributed by atoms with Gasteiger partial charge in [-0.3, -0.25) is 57.5 Å². The topological polar surface area (TPSA) is 412 Å². The molecule has 6 aliphatic rings. The second kappa shape index (κ2) is 45.2. The summed E-state index contributed by atoms with van der Waals surface area (Å²) in [5.41, 5.74) is -0.891. The van der Waals surface area contributed by atoms with Crippen LogP contribution in [0.15, 0.2) is 0 Å². The lowest BCUT2D eigenvalue weighted by Crippen LogP contribution is -2.43. The van der Waals surface area contributed by atoms with Crippen molar-refractivity contribution in [1.29, 1.82) is 0 Å². The van der Waals surface area contributed by atoms with Gasteiger partial charge in [-0.25, -0.2) is 0 Å². The molecule has 0 spiro atoms. The first kappa shape index (κ1) is 83.9. The molecule has 8 atom stereocenters. The van der Waals surface area contributed by atoms with Gasteiger partial charge in [0.05, 0.1) is 136 Å². The molecule has 6 fully saturated rings. The Morgan fingerprint density at radius 1 is 0.455 bits per heavy atom. The molecule has 0 aliphatic carbocycles. The number of ether oxygens (including phenoxy) is 10. The summed E-state index contributed by atoms with van der Waals surface area (Å²) < 4.78 is 54.6. The monoisotopic (exact) mass is 1470 g/mol. The SMILES string of the molecule is COC(=O)C1CC(=O)N(CCNC(=O)CCN(CCSCC(O)COCC(COCC(O)CSCCN(CCC(=O)NCCN2CC(C(=O)OC)CC2=O)CCC(=O)NCCN2CC(C(=O)OC)CC2=O)(COCC2CO2)COCC2CO2)CCC(=O)NCCN2CC(C(=O)OC)CC2=O)C1. The highest BCUT2D eigenvalue weighted by Crippen LogP contribution is 2.26. The van der Waals surface area contributed by atoms with Gasteiger partial charge in [0, 0.05) is 192 Å². The van der Waals surface area contributed by atoms with Gasteiger partial charge < -0.3 is 108 Å². The summed E-state index contributed by atoms with van der Waals surface area (Å²) >= 11 is 2.91. The van der Waals surface area contributed by atoms with Crippen molar-refractivity contribution < 1.29 is 115 Å². The molecule has 8 unspecified atom stereocenters.